The molecule has 0 amide bonds. The Hall–Kier alpha value is -1.18. The molecule has 0 fully saturated rings. The van der Waals surface area contributed by atoms with Crippen molar-refractivity contribution in [2.24, 2.45) is 0 Å². The lowest BCUT2D eigenvalue weighted by atomic mass is 10.0. The molecule has 0 aliphatic heterocycles. The van der Waals surface area contributed by atoms with Crippen LogP contribution in [-0.2, 0) is 6.54 Å². The van der Waals surface area contributed by atoms with Gasteiger partial charge in [-0.1, -0.05) is 138 Å². The Bertz CT molecular complexity index is 928. The zero-order chi connectivity index (χ0) is 21.9. The van der Waals surface area contributed by atoms with Crippen LogP contribution < -0.4 is 0 Å². The van der Waals surface area contributed by atoms with Crippen molar-refractivity contribution in [3.8, 4) is 0 Å². The summed E-state index contributed by atoms with van der Waals surface area (Å²) < 4.78 is 2.37. The van der Waals surface area contributed by atoms with E-state index in [0.29, 0.717) is 10.0 Å². The van der Waals surface area contributed by atoms with Crippen LogP contribution >= 0.6 is 23.2 Å². The highest BCUT2D eigenvalue weighted by Gasteiger charge is 2.14. The molecule has 3 rings (SSSR count). The summed E-state index contributed by atoms with van der Waals surface area (Å²) >= 11 is 12.9. The van der Waals surface area contributed by atoms with Crippen molar-refractivity contribution in [2.45, 2.75) is 103 Å². The highest BCUT2D eigenvalue weighted by atomic mass is 35.5. The molecule has 1 aromatic heterocycles. The Morgan fingerprint density at radius 2 is 1.16 bits per heavy atom. The summed E-state index contributed by atoms with van der Waals surface area (Å²) in [6.07, 6.45) is 19.4. The first-order valence-corrected chi connectivity index (χ1v) is 13.3. The Morgan fingerprint density at radius 1 is 0.613 bits per heavy atom. The van der Waals surface area contributed by atoms with Crippen molar-refractivity contribution < 1.29 is 0 Å². The summed E-state index contributed by atoms with van der Waals surface area (Å²) in [5, 5.41) is 3.79. The molecule has 0 aliphatic carbocycles. The smallest absolute Gasteiger partial charge is 0.0835 e. The standard InChI is InChI=1S/C28H39Cl2N/c1-2-3-4-5-6-7-8-9-10-11-12-13-14-17-22-31-26-19-16-15-18-23(26)24-20-21-25(29)27(30)28(24)31/h15-16,18-21H,2-14,17,22H2,1H3. The summed E-state index contributed by atoms with van der Waals surface area (Å²) in [6, 6.07) is 12.6. The van der Waals surface area contributed by atoms with Gasteiger partial charge in [0, 0.05) is 22.8 Å². The molecule has 2 aromatic carbocycles. The number of nitrogens with zero attached hydrogens (tertiary/aromatic N) is 1. The largest absolute Gasteiger partial charge is 0.339 e. The minimum Gasteiger partial charge on any atom is -0.339 e. The molecule has 0 saturated carbocycles. The zero-order valence-electron chi connectivity index (χ0n) is 19.3. The highest BCUT2D eigenvalue weighted by molar-refractivity contribution is 6.45. The molecule has 3 heteroatoms. The Kier molecular flexibility index (Phi) is 10.6. The van der Waals surface area contributed by atoms with Crippen LogP contribution in [-0.4, -0.2) is 4.57 Å². The normalized spacial score (nSPS) is 11.7. The quantitative estimate of drug-likeness (QED) is 0.199. The van der Waals surface area contributed by atoms with Gasteiger partial charge in [-0.2, -0.15) is 0 Å². The first-order chi connectivity index (χ1) is 15.2. The molecule has 0 aliphatic rings. The fraction of sp³-hybridized carbons (Fsp3) is 0.571. The summed E-state index contributed by atoms with van der Waals surface area (Å²) in [5.41, 5.74) is 2.35. The average molecular weight is 461 g/mol. The van der Waals surface area contributed by atoms with Crippen molar-refractivity contribution in [2.75, 3.05) is 0 Å². The molecular formula is C28H39Cl2N. The maximum absolute atomic E-state index is 6.61. The Morgan fingerprint density at radius 3 is 1.77 bits per heavy atom. The van der Waals surface area contributed by atoms with Crippen LogP contribution in [0.25, 0.3) is 21.8 Å². The van der Waals surface area contributed by atoms with Crippen LogP contribution in [0.15, 0.2) is 36.4 Å². The van der Waals surface area contributed by atoms with Gasteiger partial charge in [-0.15, -0.1) is 0 Å². The first kappa shape index (κ1) is 24.5. The van der Waals surface area contributed by atoms with E-state index in [1.54, 1.807) is 0 Å². The van der Waals surface area contributed by atoms with Gasteiger partial charge < -0.3 is 4.57 Å². The van der Waals surface area contributed by atoms with Gasteiger partial charge in [0.25, 0.3) is 0 Å². The van der Waals surface area contributed by atoms with E-state index in [1.807, 2.05) is 6.07 Å². The number of para-hydroxylation sites is 1. The number of rotatable bonds is 15. The van der Waals surface area contributed by atoms with Gasteiger partial charge in [-0.3, -0.25) is 0 Å². The van der Waals surface area contributed by atoms with Crippen LogP contribution in [0, 0.1) is 0 Å². The second-order valence-corrected chi connectivity index (χ2v) is 9.81. The van der Waals surface area contributed by atoms with E-state index in [2.05, 4.69) is 41.8 Å². The van der Waals surface area contributed by atoms with E-state index in [9.17, 15) is 0 Å². The third kappa shape index (κ3) is 6.90. The van der Waals surface area contributed by atoms with Crippen LogP contribution in [0.2, 0.25) is 10.0 Å². The monoisotopic (exact) mass is 459 g/mol. The van der Waals surface area contributed by atoms with Crippen LogP contribution in [0.5, 0.6) is 0 Å². The maximum Gasteiger partial charge on any atom is 0.0835 e. The van der Waals surface area contributed by atoms with Gasteiger partial charge in [-0.25, -0.2) is 0 Å². The van der Waals surface area contributed by atoms with E-state index < -0.39 is 0 Å². The molecule has 0 atom stereocenters. The lowest BCUT2D eigenvalue weighted by Gasteiger charge is -2.09. The van der Waals surface area contributed by atoms with E-state index in [4.69, 9.17) is 23.2 Å². The third-order valence-electron chi connectivity index (χ3n) is 6.56. The minimum absolute atomic E-state index is 0.638. The van der Waals surface area contributed by atoms with Gasteiger partial charge in [0.1, 0.15) is 0 Å². The molecule has 3 aromatic rings. The molecule has 1 heterocycles. The van der Waals surface area contributed by atoms with Crippen LogP contribution in [0.1, 0.15) is 96.8 Å². The molecule has 0 spiro atoms. The second-order valence-electron chi connectivity index (χ2n) is 9.02. The molecule has 0 unspecified atom stereocenters. The molecular weight excluding hydrogens is 421 g/mol. The van der Waals surface area contributed by atoms with Gasteiger partial charge in [0.05, 0.1) is 15.6 Å². The van der Waals surface area contributed by atoms with Crippen molar-refractivity contribution in [1.82, 2.24) is 4.57 Å². The lowest BCUT2D eigenvalue weighted by Crippen LogP contribution is -1.98. The van der Waals surface area contributed by atoms with E-state index in [-0.39, 0.29) is 0 Å². The number of hydrogen-bond acceptors (Lipinski definition) is 0. The maximum atomic E-state index is 6.61. The fourth-order valence-electron chi connectivity index (χ4n) is 4.78. The van der Waals surface area contributed by atoms with E-state index in [1.165, 1.54) is 106 Å². The number of benzene rings is 2. The van der Waals surface area contributed by atoms with Gasteiger partial charge in [0.15, 0.2) is 0 Å². The fourth-order valence-corrected chi connectivity index (χ4v) is 5.19. The van der Waals surface area contributed by atoms with Crippen molar-refractivity contribution in [1.29, 1.82) is 0 Å². The number of aromatic nitrogens is 1. The molecule has 170 valence electrons. The van der Waals surface area contributed by atoms with Crippen molar-refractivity contribution >= 4 is 45.0 Å². The van der Waals surface area contributed by atoms with E-state index in [0.717, 1.165) is 12.1 Å². The summed E-state index contributed by atoms with van der Waals surface area (Å²) in [6.45, 7) is 3.29. The third-order valence-corrected chi connectivity index (χ3v) is 7.35. The van der Waals surface area contributed by atoms with Gasteiger partial charge in [-0.05, 0) is 18.6 Å². The SMILES string of the molecule is CCCCCCCCCCCCCCCCn1c2ccccc2c2ccc(Cl)c(Cl)c21. The predicted molar refractivity (Wildman–Crippen MR) is 140 cm³/mol. The summed E-state index contributed by atoms with van der Waals surface area (Å²) in [4.78, 5) is 0. The average Bonchev–Trinajstić information content (AvgIpc) is 3.11. The van der Waals surface area contributed by atoms with Crippen molar-refractivity contribution in [3.63, 3.8) is 0 Å². The number of unbranched alkanes of at least 4 members (excludes halogenated alkanes) is 13. The zero-order valence-corrected chi connectivity index (χ0v) is 20.8. The molecule has 1 nitrogen and oxygen atoms in total. The number of fused-ring (bicyclic) bond motifs is 3. The lowest BCUT2D eigenvalue weighted by molar-refractivity contribution is 0.528. The Labute approximate surface area is 199 Å². The summed E-state index contributed by atoms with van der Waals surface area (Å²) in [7, 11) is 0. The molecule has 0 bridgehead atoms. The Balaban J connectivity index is 1.36. The minimum atomic E-state index is 0.638. The van der Waals surface area contributed by atoms with Gasteiger partial charge >= 0.3 is 0 Å². The van der Waals surface area contributed by atoms with Crippen LogP contribution in [0.3, 0.4) is 0 Å². The molecule has 0 saturated heterocycles. The van der Waals surface area contributed by atoms with Gasteiger partial charge in [0.2, 0.25) is 0 Å². The molecule has 0 N–H and O–H groups in total. The first-order valence-electron chi connectivity index (χ1n) is 12.6. The van der Waals surface area contributed by atoms with Crippen LogP contribution in [0.4, 0.5) is 0 Å². The second kappa shape index (κ2) is 13.4. The number of aryl methyl sites for hydroxylation is 1. The van der Waals surface area contributed by atoms with Crippen molar-refractivity contribution in [3.05, 3.63) is 46.4 Å². The van der Waals surface area contributed by atoms with E-state index >= 15 is 0 Å². The molecule has 0 radical (unpaired) electrons. The topological polar surface area (TPSA) is 4.93 Å². The predicted octanol–water partition coefficient (Wildman–Crippen LogP) is 10.6. The number of halogens is 2. The molecule has 31 heavy (non-hydrogen) atoms. The summed E-state index contributed by atoms with van der Waals surface area (Å²) in [5.74, 6) is 0. The highest BCUT2D eigenvalue weighted by Crippen LogP contribution is 2.37. The number of hydrogen-bond donors (Lipinski definition) is 0.